The Morgan fingerprint density at radius 1 is 0.359 bits per heavy atom. The molecule has 2 heterocycles. The van der Waals surface area contributed by atoms with E-state index in [9.17, 15) is 19.2 Å². The first-order valence-electron chi connectivity index (χ1n) is 25.7. The Morgan fingerprint density at radius 3 is 0.891 bits per heavy atom. The van der Waals surface area contributed by atoms with Crippen LogP contribution in [0.4, 0.5) is 0 Å². The highest BCUT2D eigenvalue weighted by atomic mass is 16.6. The third kappa shape index (κ3) is 16.3. The Labute approximate surface area is 386 Å². The van der Waals surface area contributed by atoms with Crippen LogP contribution in [0.15, 0.2) is 60.7 Å². The van der Waals surface area contributed by atoms with Crippen LogP contribution in [0.1, 0.15) is 205 Å². The molecule has 2 aliphatic heterocycles. The van der Waals surface area contributed by atoms with Gasteiger partial charge < -0.3 is 18.9 Å². The molecule has 64 heavy (non-hydrogen) atoms. The molecule has 0 N–H and O–H groups in total. The predicted molar refractivity (Wildman–Crippen MR) is 254 cm³/mol. The van der Waals surface area contributed by atoms with Gasteiger partial charge >= 0.3 is 23.9 Å². The smallest absolute Gasteiger partial charge is 0.325 e. The molecule has 0 bridgehead atoms. The number of fused-ring (bicyclic) bond motifs is 1. The first kappa shape index (κ1) is 52.9. The summed E-state index contributed by atoms with van der Waals surface area (Å²) in [6.45, 7) is 9.60. The van der Waals surface area contributed by atoms with E-state index < -0.39 is 59.9 Å². The molecular formula is C54H84N2O8. The molecule has 0 aromatic heterocycles. The number of esters is 4. The van der Waals surface area contributed by atoms with Crippen molar-refractivity contribution >= 4 is 23.9 Å². The van der Waals surface area contributed by atoms with Crippen LogP contribution in [-0.4, -0.2) is 72.4 Å². The van der Waals surface area contributed by atoms with Crippen molar-refractivity contribution in [2.45, 2.75) is 206 Å². The molecule has 2 saturated heterocycles. The molecule has 2 aromatic rings. The van der Waals surface area contributed by atoms with Crippen molar-refractivity contribution in [1.29, 1.82) is 0 Å². The second-order valence-electron chi connectivity index (χ2n) is 18.2. The Morgan fingerprint density at radius 2 is 0.609 bits per heavy atom. The van der Waals surface area contributed by atoms with Crippen LogP contribution in [-0.2, 0) is 38.1 Å². The molecule has 0 unspecified atom stereocenters. The fraction of sp³-hybridized carbons (Fsp3) is 0.704. The second-order valence-corrected chi connectivity index (χ2v) is 18.2. The first-order valence-corrected chi connectivity index (χ1v) is 25.7. The summed E-state index contributed by atoms with van der Waals surface area (Å²) in [5.41, 5.74) is 1.45. The van der Waals surface area contributed by atoms with Crippen LogP contribution in [0.25, 0.3) is 0 Å². The van der Waals surface area contributed by atoms with Gasteiger partial charge in [0.1, 0.15) is 23.9 Å². The maximum atomic E-state index is 14.9. The minimum absolute atomic E-state index is 0.203. The maximum Gasteiger partial charge on any atom is 0.325 e. The van der Waals surface area contributed by atoms with Crippen molar-refractivity contribution in [2.24, 2.45) is 11.8 Å². The lowest BCUT2D eigenvalue weighted by atomic mass is 9.82. The largest absolute Gasteiger partial charge is 0.465 e. The Hall–Kier alpha value is -3.76. The zero-order valence-corrected chi connectivity index (χ0v) is 40.2. The maximum absolute atomic E-state index is 14.9. The number of benzene rings is 2. The van der Waals surface area contributed by atoms with Gasteiger partial charge in [0.25, 0.3) is 0 Å². The highest BCUT2D eigenvalue weighted by Gasteiger charge is 2.69. The molecule has 0 saturated carbocycles. The first-order chi connectivity index (χ1) is 31.4. The van der Waals surface area contributed by atoms with E-state index in [0.29, 0.717) is 25.7 Å². The summed E-state index contributed by atoms with van der Waals surface area (Å²) in [5, 5.41) is 3.64. The summed E-state index contributed by atoms with van der Waals surface area (Å²) < 4.78 is 24.6. The Balaban J connectivity index is 1.78. The van der Waals surface area contributed by atoms with Crippen LogP contribution in [0.5, 0.6) is 0 Å². The normalized spacial score (nSPS) is 20.8. The molecule has 0 spiro atoms. The molecule has 358 valence electrons. The molecule has 0 amide bonds. The number of ether oxygens (including phenoxy) is 4. The SMILES string of the molecule is CCCCCCCCOC(=O)[C@@H]1[C@@H](C(=O)OCCCCCCCC)N2[C@H](c3ccccc3)[C@H](C(=O)OCCCCCCCC)[C@H](C(=O)OCCCCCCCC)N2[C@@H]1c1ccccc1. The molecule has 10 heteroatoms. The van der Waals surface area contributed by atoms with Gasteiger partial charge in [0.05, 0.1) is 38.5 Å². The second kappa shape index (κ2) is 31.2. The van der Waals surface area contributed by atoms with Crippen molar-refractivity contribution in [3.05, 3.63) is 71.8 Å². The molecule has 2 fully saturated rings. The number of hydrazine groups is 1. The Kier molecular flexibility index (Phi) is 25.8. The molecule has 6 atom stereocenters. The van der Waals surface area contributed by atoms with Crippen molar-refractivity contribution in [3.63, 3.8) is 0 Å². The van der Waals surface area contributed by atoms with Crippen LogP contribution in [0, 0.1) is 11.8 Å². The van der Waals surface area contributed by atoms with Crippen LogP contribution >= 0.6 is 0 Å². The minimum Gasteiger partial charge on any atom is -0.465 e. The van der Waals surface area contributed by atoms with Crippen LogP contribution < -0.4 is 0 Å². The zero-order valence-electron chi connectivity index (χ0n) is 40.2. The van der Waals surface area contributed by atoms with Gasteiger partial charge in [-0.3, -0.25) is 19.2 Å². The molecule has 4 rings (SSSR count). The van der Waals surface area contributed by atoms with Crippen molar-refractivity contribution < 1.29 is 38.1 Å². The van der Waals surface area contributed by atoms with Gasteiger partial charge in [-0.15, -0.1) is 0 Å². The number of hydrogen-bond donors (Lipinski definition) is 0. The van der Waals surface area contributed by atoms with Gasteiger partial charge in [-0.1, -0.05) is 217 Å². The molecule has 0 aliphatic carbocycles. The van der Waals surface area contributed by atoms with E-state index in [-0.39, 0.29) is 26.4 Å². The zero-order chi connectivity index (χ0) is 45.8. The third-order valence-electron chi connectivity index (χ3n) is 13.0. The Bertz CT molecular complexity index is 1470. The minimum atomic E-state index is -1.20. The lowest BCUT2D eigenvalue weighted by molar-refractivity contribution is -0.163. The lowest BCUT2D eigenvalue weighted by Gasteiger charge is -2.32. The van der Waals surface area contributed by atoms with Gasteiger partial charge in [0.15, 0.2) is 0 Å². The van der Waals surface area contributed by atoms with Crippen LogP contribution in [0.3, 0.4) is 0 Å². The van der Waals surface area contributed by atoms with Gasteiger partial charge in [-0.05, 0) is 36.8 Å². The highest BCUT2D eigenvalue weighted by molar-refractivity contribution is 5.90. The summed E-state index contributed by atoms with van der Waals surface area (Å²) in [6.07, 6.45) is 24.6. The summed E-state index contributed by atoms with van der Waals surface area (Å²) in [4.78, 5) is 59.5. The lowest BCUT2D eigenvalue weighted by Crippen LogP contribution is -2.47. The van der Waals surface area contributed by atoms with E-state index in [4.69, 9.17) is 18.9 Å². The fourth-order valence-corrected chi connectivity index (χ4v) is 9.55. The topological polar surface area (TPSA) is 112 Å². The van der Waals surface area contributed by atoms with E-state index >= 15 is 0 Å². The van der Waals surface area contributed by atoms with E-state index in [0.717, 1.165) is 114 Å². The average molecular weight is 889 g/mol. The summed E-state index contributed by atoms with van der Waals surface area (Å²) in [5.74, 6) is -4.32. The summed E-state index contributed by atoms with van der Waals surface area (Å²) in [7, 11) is 0. The number of carbonyl (C=O) groups excluding carboxylic acids is 4. The number of nitrogens with zero attached hydrogens (tertiary/aromatic N) is 2. The van der Waals surface area contributed by atoms with Gasteiger partial charge in [0, 0.05) is 0 Å². The monoisotopic (exact) mass is 889 g/mol. The number of carbonyl (C=O) groups is 4. The summed E-state index contributed by atoms with van der Waals surface area (Å²) in [6, 6.07) is 15.0. The number of rotatable bonds is 34. The molecule has 0 radical (unpaired) electrons. The van der Waals surface area contributed by atoms with Crippen molar-refractivity contribution in [3.8, 4) is 0 Å². The fourth-order valence-electron chi connectivity index (χ4n) is 9.55. The van der Waals surface area contributed by atoms with Crippen LogP contribution in [0.2, 0.25) is 0 Å². The van der Waals surface area contributed by atoms with E-state index in [1.54, 1.807) is 0 Å². The highest BCUT2D eigenvalue weighted by Crippen LogP contribution is 2.56. The van der Waals surface area contributed by atoms with Crippen molar-refractivity contribution in [2.75, 3.05) is 26.4 Å². The van der Waals surface area contributed by atoms with Gasteiger partial charge in [0.2, 0.25) is 0 Å². The quantitative estimate of drug-likeness (QED) is 0.0382. The number of hydrogen-bond acceptors (Lipinski definition) is 10. The van der Waals surface area contributed by atoms with Crippen molar-refractivity contribution in [1.82, 2.24) is 10.0 Å². The molecule has 2 aliphatic rings. The van der Waals surface area contributed by atoms with E-state index in [1.165, 1.54) is 25.7 Å². The van der Waals surface area contributed by atoms with E-state index in [1.807, 2.05) is 70.7 Å². The molecule has 2 aromatic carbocycles. The standard InChI is InChI=1S/C54H84N2O8/c1-5-9-13-17-21-31-39-61-51(57)45-47(43-35-27-25-28-36-43)55-50(54(60)64-42-34-24-20-16-12-8-4)46(52(58)62-40-32-22-18-14-10-6-2)48(44-37-29-26-30-38-44)56(55)49(45)53(59)63-41-33-23-19-15-11-7-3/h25-30,35-38,45-50H,5-24,31-34,39-42H2,1-4H3/t45-,46-,47+,48+,49-,50+/m0/s1. The average Bonchev–Trinajstić information content (AvgIpc) is 3.84. The third-order valence-corrected chi connectivity index (χ3v) is 13.0. The van der Waals surface area contributed by atoms with E-state index in [2.05, 4.69) is 27.7 Å². The van der Waals surface area contributed by atoms with Gasteiger partial charge in [-0.2, -0.15) is 0 Å². The van der Waals surface area contributed by atoms with Gasteiger partial charge in [-0.25, -0.2) is 10.0 Å². The molecular weight excluding hydrogens is 805 g/mol. The molecule has 10 nitrogen and oxygen atoms in total. The number of unbranched alkanes of at least 4 members (excludes halogenated alkanes) is 20. The predicted octanol–water partition coefficient (Wildman–Crippen LogP) is 12.6. The summed E-state index contributed by atoms with van der Waals surface area (Å²) >= 11 is 0.